The highest BCUT2D eigenvalue weighted by Gasteiger charge is 2.37. The van der Waals surface area contributed by atoms with Crippen LogP contribution in [0.2, 0.25) is 0 Å². The Hall–Kier alpha value is -1.24. The van der Waals surface area contributed by atoms with Gasteiger partial charge < -0.3 is 20.3 Å². The molecule has 2 N–H and O–H groups in total. The van der Waals surface area contributed by atoms with E-state index < -0.39 is 11.6 Å². The monoisotopic (exact) mass is 351 g/mol. The lowest BCUT2D eigenvalue weighted by atomic mass is 9.93. The molecule has 1 saturated carbocycles. The van der Waals surface area contributed by atoms with E-state index in [9.17, 15) is 8.78 Å². The van der Waals surface area contributed by atoms with Crippen molar-refractivity contribution in [3.63, 3.8) is 0 Å². The molecule has 2 aliphatic heterocycles. The third kappa shape index (κ3) is 3.66. The summed E-state index contributed by atoms with van der Waals surface area (Å²) in [7, 11) is 0. The highest BCUT2D eigenvalue weighted by atomic mass is 19.1. The summed E-state index contributed by atoms with van der Waals surface area (Å²) in [5.41, 5.74) is 0.122. The molecular formula is C19H27F2N3O. The van der Waals surface area contributed by atoms with Gasteiger partial charge in [-0.1, -0.05) is 12.5 Å². The summed E-state index contributed by atoms with van der Waals surface area (Å²) < 4.78 is 33.7. The first-order valence-electron chi connectivity index (χ1n) is 9.48. The van der Waals surface area contributed by atoms with Crippen LogP contribution in [0.25, 0.3) is 0 Å². The van der Waals surface area contributed by atoms with Crippen molar-refractivity contribution in [2.24, 2.45) is 5.92 Å². The van der Waals surface area contributed by atoms with E-state index in [-0.39, 0.29) is 11.7 Å². The van der Waals surface area contributed by atoms with Crippen molar-refractivity contribution < 1.29 is 13.5 Å². The maximum Gasteiger partial charge on any atom is 0.149 e. The van der Waals surface area contributed by atoms with E-state index in [4.69, 9.17) is 4.74 Å². The second-order valence-corrected chi connectivity index (χ2v) is 7.51. The van der Waals surface area contributed by atoms with Gasteiger partial charge in [-0.05, 0) is 37.3 Å². The quantitative estimate of drug-likeness (QED) is 0.873. The number of hydrogen-bond acceptors (Lipinski definition) is 4. The number of nitrogens with one attached hydrogen (secondary N) is 2. The van der Waals surface area contributed by atoms with Crippen molar-refractivity contribution in [1.82, 2.24) is 10.6 Å². The highest BCUT2D eigenvalue weighted by molar-refractivity contribution is 5.50. The molecule has 0 bridgehead atoms. The number of halogens is 2. The van der Waals surface area contributed by atoms with Gasteiger partial charge in [0, 0.05) is 37.8 Å². The maximum absolute atomic E-state index is 14.0. The van der Waals surface area contributed by atoms with Crippen molar-refractivity contribution in [3.8, 4) is 0 Å². The Labute approximate surface area is 147 Å². The molecular weight excluding hydrogens is 324 g/mol. The Morgan fingerprint density at radius 2 is 2.00 bits per heavy atom. The number of anilines is 1. The lowest BCUT2D eigenvalue weighted by molar-refractivity contribution is 0.0518. The van der Waals surface area contributed by atoms with E-state index >= 15 is 0 Å². The number of morpholine rings is 1. The number of benzene rings is 1. The molecule has 25 heavy (non-hydrogen) atoms. The van der Waals surface area contributed by atoms with Crippen LogP contribution in [-0.4, -0.2) is 51.0 Å². The van der Waals surface area contributed by atoms with Crippen molar-refractivity contribution in [2.45, 2.75) is 43.8 Å². The highest BCUT2D eigenvalue weighted by Crippen LogP contribution is 2.32. The zero-order valence-corrected chi connectivity index (χ0v) is 14.5. The number of nitrogens with zero attached hydrogens (tertiary/aromatic N) is 1. The third-order valence-electron chi connectivity index (χ3n) is 5.93. The predicted octanol–water partition coefficient (Wildman–Crippen LogP) is 2.29. The molecule has 3 aliphatic rings. The molecule has 1 aliphatic carbocycles. The first-order valence-corrected chi connectivity index (χ1v) is 9.48. The summed E-state index contributed by atoms with van der Waals surface area (Å²) in [6, 6.07) is 5.27. The van der Waals surface area contributed by atoms with Crippen LogP contribution in [0.5, 0.6) is 0 Å². The van der Waals surface area contributed by atoms with Crippen LogP contribution >= 0.6 is 0 Å². The van der Waals surface area contributed by atoms with Crippen LogP contribution in [-0.2, 0) is 4.74 Å². The second kappa shape index (κ2) is 7.56. The zero-order chi connectivity index (χ0) is 17.2. The molecule has 3 fully saturated rings. The molecule has 1 aromatic carbocycles. The summed E-state index contributed by atoms with van der Waals surface area (Å²) in [5, 5.41) is 7.37. The van der Waals surface area contributed by atoms with Crippen molar-refractivity contribution in [3.05, 3.63) is 29.8 Å². The molecule has 0 radical (unpaired) electrons. The summed E-state index contributed by atoms with van der Waals surface area (Å²) in [4.78, 5) is 1.84. The van der Waals surface area contributed by atoms with Crippen LogP contribution in [0.1, 0.15) is 25.7 Å². The van der Waals surface area contributed by atoms with Gasteiger partial charge in [0.1, 0.15) is 17.3 Å². The molecule has 138 valence electrons. The fraction of sp³-hybridized carbons (Fsp3) is 0.684. The molecule has 6 heteroatoms. The van der Waals surface area contributed by atoms with E-state index in [0.717, 1.165) is 26.2 Å². The van der Waals surface area contributed by atoms with Crippen LogP contribution in [0.15, 0.2) is 18.2 Å². The lowest BCUT2D eigenvalue weighted by Crippen LogP contribution is -2.52. The zero-order valence-electron chi connectivity index (χ0n) is 14.5. The van der Waals surface area contributed by atoms with Crippen LogP contribution < -0.4 is 15.5 Å². The van der Waals surface area contributed by atoms with Gasteiger partial charge in [-0.25, -0.2) is 8.78 Å². The average molecular weight is 351 g/mol. The Bertz CT molecular complexity index is 574. The van der Waals surface area contributed by atoms with Crippen molar-refractivity contribution in [1.29, 1.82) is 0 Å². The Kier molecular flexibility index (Phi) is 5.20. The fourth-order valence-electron chi connectivity index (χ4n) is 4.73. The van der Waals surface area contributed by atoms with E-state index in [1.807, 2.05) is 4.90 Å². The average Bonchev–Trinajstić information content (AvgIpc) is 3.26. The largest absolute Gasteiger partial charge is 0.379 e. The van der Waals surface area contributed by atoms with Gasteiger partial charge in [0.05, 0.1) is 13.2 Å². The molecule has 2 heterocycles. The van der Waals surface area contributed by atoms with Crippen LogP contribution in [0, 0.1) is 17.6 Å². The van der Waals surface area contributed by atoms with Gasteiger partial charge in [0.25, 0.3) is 0 Å². The van der Waals surface area contributed by atoms with E-state index in [2.05, 4.69) is 10.6 Å². The molecule has 0 amide bonds. The molecule has 0 spiro atoms. The van der Waals surface area contributed by atoms with Gasteiger partial charge in [-0.3, -0.25) is 0 Å². The Morgan fingerprint density at radius 3 is 2.76 bits per heavy atom. The summed E-state index contributed by atoms with van der Waals surface area (Å²) in [6.07, 6.45) is 4.55. The third-order valence-corrected chi connectivity index (χ3v) is 5.93. The van der Waals surface area contributed by atoms with Gasteiger partial charge in [-0.2, -0.15) is 0 Å². The minimum atomic E-state index is -0.469. The molecule has 1 aromatic rings. The molecule has 4 unspecified atom stereocenters. The van der Waals surface area contributed by atoms with Gasteiger partial charge in [0.2, 0.25) is 0 Å². The fourth-order valence-corrected chi connectivity index (χ4v) is 4.73. The Balaban J connectivity index is 1.37. The first-order chi connectivity index (χ1) is 12.2. The topological polar surface area (TPSA) is 36.5 Å². The predicted molar refractivity (Wildman–Crippen MR) is 93.9 cm³/mol. The lowest BCUT2D eigenvalue weighted by Gasteiger charge is -2.34. The van der Waals surface area contributed by atoms with Gasteiger partial charge in [-0.15, -0.1) is 0 Å². The minimum Gasteiger partial charge on any atom is -0.379 e. The summed E-state index contributed by atoms with van der Waals surface area (Å²) >= 11 is 0. The minimum absolute atomic E-state index is 0.122. The van der Waals surface area contributed by atoms with E-state index in [1.165, 1.54) is 37.5 Å². The van der Waals surface area contributed by atoms with Crippen LogP contribution in [0.3, 0.4) is 0 Å². The number of hydrogen-bond donors (Lipinski definition) is 2. The maximum atomic E-state index is 14.0. The van der Waals surface area contributed by atoms with Gasteiger partial charge in [0.15, 0.2) is 0 Å². The van der Waals surface area contributed by atoms with Crippen molar-refractivity contribution >= 4 is 5.69 Å². The van der Waals surface area contributed by atoms with E-state index in [0.29, 0.717) is 31.1 Å². The number of ether oxygens (including phenoxy) is 1. The normalized spacial score (nSPS) is 33.1. The van der Waals surface area contributed by atoms with Crippen LogP contribution in [0.4, 0.5) is 14.5 Å². The SMILES string of the molecule is Fc1cccc(F)c1N1CCC(NC2CCCC2C2COCCN2)C1. The Morgan fingerprint density at radius 1 is 1.16 bits per heavy atom. The standard InChI is InChI=1S/C19H27F2N3O/c20-15-4-2-5-16(21)19(15)24-9-7-13(11-24)23-17-6-1-3-14(17)18-12-25-10-8-22-18/h2,4-5,13-14,17-18,22-23H,1,3,6-12H2. The molecule has 4 atom stereocenters. The van der Waals surface area contributed by atoms with Gasteiger partial charge >= 0.3 is 0 Å². The molecule has 4 nitrogen and oxygen atoms in total. The van der Waals surface area contributed by atoms with E-state index in [1.54, 1.807) is 0 Å². The number of rotatable bonds is 4. The smallest absolute Gasteiger partial charge is 0.149 e. The number of para-hydroxylation sites is 1. The van der Waals surface area contributed by atoms with Crippen molar-refractivity contribution in [2.75, 3.05) is 37.7 Å². The molecule has 0 aromatic heterocycles. The first kappa shape index (κ1) is 17.2. The molecule has 4 rings (SSSR count). The molecule has 2 saturated heterocycles. The second-order valence-electron chi connectivity index (χ2n) is 7.51. The summed E-state index contributed by atoms with van der Waals surface area (Å²) in [6.45, 7) is 3.87. The summed E-state index contributed by atoms with van der Waals surface area (Å²) in [5.74, 6) is -0.356.